The number of nitrogens with one attached hydrogen (secondary N) is 1. The highest BCUT2D eigenvalue weighted by Crippen LogP contribution is 2.29. The molecule has 2 aromatic heterocycles. The lowest BCUT2D eigenvalue weighted by molar-refractivity contribution is 0.315. The van der Waals surface area contributed by atoms with Gasteiger partial charge in [-0.15, -0.1) is 11.3 Å². The maximum Gasteiger partial charge on any atom is 0.233 e. The summed E-state index contributed by atoms with van der Waals surface area (Å²) in [6, 6.07) is 12.4. The second-order valence-corrected chi connectivity index (χ2v) is 6.64. The molecular weight excluding hydrogens is 339 g/mol. The monoisotopic (exact) mass is 356 g/mol. The first-order valence-electron chi connectivity index (χ1n) is 7.69. The average molecular weight is 356 g/mol. The third-order valence-corrected chi connectivity index (χ3v) is 4.76. The van der Waals surface area contributed by atoms with E-state index in [2.05, 4.69) is 21.3 Å². The molecule has 0 bridgehead atoms. The number of thiophene rings is 1. The van der Waals surface area contributed by atoms with E-state index in [1.165, 1.54) is 10.9 Å². The minimum absolute atomic E-state index is 0.0923. The van der Waals surface area contributed by atoms with Gasteiger partial charge in [-0.3, -0.25) is 0 Å². The molecule has 0 radical (unpaired) electrons. The van der Waals surface area contributed by atoms with E-state index >= 15 is 0 Å². The average Bonchev–Trinajstić information content (AvgIpc) is 3.25. The number of rotatable bonds is 6. The van der Waals surface area contributed by atoms with E-state index < -0.39 is 5.82 Å². The Labute approximate surface area is 149 Å². The molecule has 0 amide bonds. The normalized spacial score (nSPS) is 12.1. The van der Waals surface area contributed by atoms with E-state index in [0.29, 0.717) is 6.54 Å². The van der Waals surface area contributed by atoms with Crippen LogP contribution in [0.25, 0.3) is 11.5 Å². The molecule has 128 valence electrons. The van der Waals surface area contributed by atoms with Crippen LogP contribution in [0.4, 0.5) is 10.3 Å². The summed E-state index contributed by atoms with van der Waals surface area (Å²) in [6.07, 6.45) is 0. The summed E-state index contributed by atoms with van der Waals surface area (Å²) in [4.78, 5) is 7.39. The molecule has 0 spiro atoms. The van der Waals surface area contributed by atoms with E-state index in [9.17, 15) is 9.65 Å². The first-order chi connectivity index (χ1) is 12.1. The molecule has 0 fully saturated rings. The van der Waals surface area contributed by atoms with Crippen LogP contribution in [0.1, 0.15) is 16.6 Å². The summed E-state index contributed by atoms with van der Waals surface area (Å²) in [5.74, 6) is -0.0941. The molecule has 1 aromatic carbocycles. The Bertz CT molecular complexity index is 883. The molecule has 1 atom stereocenters. The van der Waals surface area contributed by atoms with Gasteiger partial charge in [0.1, 0.15) is 11.9 Å². The Hall–Kier alpha value is -2.69. The topological polar surface area (TPSA) is 65.1 Å². The fraction of sp³-hybridized carbons (Fsp3) is 0.222. The molecule has 0 saturated carbocycles. The SMILES string of the molecule is CN(C)C(CNc1oc(-c2ccccc2F)nc1C#N)c1cccs1. The molecule has 3 aromatic rings. The number of oxazole rings is 1. The molecule has 0 aliphatic carbocycles. The molecule has 1 N–H and O–H groups in total. The molecule has 0 aliphatic rings. The lowest BCUT2D eigenvalue weighted by atomic mass is 10.2. The van der Waals surface area contributed by atoms with Gasteiger partial charge in [-0.2, -0.15) is 10.2 Å². The van der Waals surface area contributed by atoms with Crippen LogP contribution in [0, 0.1) is 17.1 Å². The third kappa shape index (κ3) is 3.71. The van der Waals surface area contributed by atoms with Gasteiger partial charge in [0.15, 0.2) is 0 Å². The van der Waals surface area contributed by atoms with Crippen LogP contribution in [-0.2, 0) is 0 Å². The minimum atomic E-state index is -0.440. The van der Waals surface area contributed by atoms with Gasteiger partial charge in [0, 0.05) is 11.4 Å². The van der Waals surface area contributed by atoms with Crippen LogP contribution in [0.5, 0.6) is 0 Å². The van der Waals surface area contributed by atoms with Crippen LogP contribution in [0.2, 0.25) is 0 Å². The van der Waals surface area contributed by atoms with Gasteiger partial charge < -0.3 is 14.6 Å². The predicted octanol–water partition coefficient (Wildman–Crippen LogP) is 4.13. The Balaban J connectivity index is 1.83. The second kappa shape index (κ2) is 7.47. The van der Waals surface area contributed by atoms with Crippen molar-refractivity contribution >= 4 is 17.2 Å². The number of benzene rings is 1. The van der Waals surface area contributed by atoms with E-state index in [1.54, 1.807) is 29.5 Å². The molecule has 7 heteroatoms. The fourth-order valence-electron chi connectivity index (χ4n) is 2.47. The number of likely N-dealkylation sites (N-methyl/N-ethyl adjacent to an activating group) is 1. The van der Waals surface area contributed by atoms with Gasteiger partial charge in [-0.05, 0) is 37.7 Å². The lowest BCUT2D eigenvalue weighted by Gasteiger charge is -2.23. The second-order valence-electron chi connectivity index (χ2n) is 5.66. The number of anilines is 1. The maximum atomic E-state index is 13.9. The molecule has 2 heterocycles. The molecule has 0 aliphatic heterocycles. The van der Waals surface area contributed by atoms with Crippen molar-refractivity contribution in [1.29, 1.82) is 5.26 Å². The van der Waals surface area contributed by atoms with Crippen molar-refractivity contribution in [2.24, 2.45) is 0 Å². The van der Waals surface area contributed by atoms with Crippen molar-refractivity contribution in [1.82, 2.24) is 9.88 Å². The highest BCUT2D eigenvalue weighted by Gasteiger charge is 2.20. The number of hydrogen-bond donors (Lipinski definition) is 1. The predicted molar refractivity (Wildman–Crippen MR) is 95.8 cm³/mol. The van der Waals surface area contributed by atoms with Gasteiger partial charge in [-0.1, -0.05) is 18.2 Å². The smallest absolute Gasteiger partial charge is 0.233 e. The molecule has 0 saturated heterocycles. The summed E-state index contributed by atoms with van der Waals surface area (Å²) in [7, 11) is 3.98. The number of hydrogen-bond acceptors (Lipinski definition) is 6. The third-order valence-electron chi connectivity index (χ3n) is 3.79. The van der Waals surface area contributed by atoms with Crippen molar-refractivity contribution in [3.05, 3.63) is 58.2 Å². The van der Waals surface area contributed by atoms with Crippen molar-refractivity contribution in [2.45, 2.75) is 6.04 Å². The van der Waals surface area contributed by atoms with Crippen molar-refractivity contribution in [2.75, 3.05) is 26.0 Å². The Morgan fingerprint density at radius 3 is 2.76 bits per heavy atom. The van der Waals surface area contributed by atoms with Gasteiger partial charge in [0.05, 0.1) is 11.6 Å². The zero-order valence-electron chi connectivity index (χ0n) is 13.9. The summed E-state index contributed by atoms with van der Waals surface area (Å²) >= 11 is 1.67. The van der Waals surface area contributed by atoms with E-state index in [0.717, 1.165) is 0 Å². The van der Waals surface area contributed by atoms with E-state index in [4.69, 9.17) is 4.42 Å². The van der Waals surface area contributed by atoms with Crippen LogP contribution >= 0.6 is 11.3 Å². The van der Waals surface area contributed by atoms with Gasteiger partial charge in [0.2, 0.25) is 17.5 Å². The van der Waals surface area contributed by atoms with Crippen LogP contribution in [0.3, 0.4) is 0 Å². The van der Waals surface area contributed by atoms with Crippen LogP contribution in [-0.4, -0.2) is 30.5 Å². The first kappa shape index (κ1) is 17.1. The first-order valence-corrected chi connectivity index (χ1v) is 8.57. The lowest BCUT2D eigenvalue weighted by Crippen LogP contribution is -2.26. The summed E-state index contributed by atoms with van der Waals surface area (Å²) in [5.41, 5.74) is 0.344. The largest absolute Gasteiger partial charge is 0.419 e. The van der Waals surface area contributed by atoms with Gasteiger partial charge >= 0.3 is 0 Å². The zero-order valence-corrected chi connectivity index (χ0v) is 14.7. The number of nitrogens with zero attached hydrogens (tertiary/aromatic N) is 3. The van der Waals surface area contributed by atoms with Crippen molar-refractivity contribution < 1.29 is 8.81 Å². The van der Waals surface area contributed by atoms with E-state index in [-0.39, 0.29) is 29.1 Å². The Morgan fingerprint density at radius 1 is 1.32 bits per heavy atom. The summed E-state index contributed by atoms with van der Waals surface area (Å²) in [5, 5.41) is 14.5. The maximum absolute atomic E-state index is 13.9. The van der Waals surface area contributed by atoms with Crippen LogP contribution < -0.4 is 5.32 Å². The fourth-order valence-corrected chi connectivity index (χ4v) is 3.40. The Kier molecular flexibility index (Phi) is 5.12. The minimum Gasteiger partial charge on any atom is -0.419 e. The summed E-state index contributed by atoms with van der Waals surface area (Å²) in [6.45, 7) is 0.536. The molecule has 3 rings (SSSR count). The summed E-state index contributed by atoms with van der Waals surface area (Å²) < 4.78 is 19.5. The zero-order chi connectivity index (χ0) is 17.8. The number of halogens is 1. The molecule has 5 nitrogen and oxygen atoms in total. The highest BCUT2D eigenvalue weighted by molar-refractivity contribution is 7.10. The number of nitriles is 1. The van der Waals surface area contributed by atoms with Crippen molar-refractivity contribution in [3.63, 3.8) is 0 Å². The number of aromatic nitrogens is 1. The quantitative estimate of drug-likeness (QED) is 0.719. The molecular formula is C18H17FN4OS. The standard InChI is InChI=1S/C18H17FN4OS/c1-23(2)15(16-8-5-9-25-16)11-21-18-14(10-20)22-17(24-18)12-6-3-4-7-13(12)19/h3-9,15,21H,11H2,1-2H3. The van der Waals surface area contributed by atoms with Gasteiger partial charge in [0.25, 0.3) is 0 Å². The molecule has 1 unspecified atom stereocenters. The van der Waals surface area contributed by atoms with Crippen LogP contribution in [0.15, 0.2) is 46.2 Å². The van der Waals surface area contributed by atoms with Crippen molar-refractivity contribution in [3.8, 4) is 17.5 Å². The van der Waals surface area contributed by atoms with Gasteiger partial charge in [-0.25, -0.2) is 4.39 Å². The highest BCUT2D eigenvalue weighted by atomic mass is 32.1. The molecule has 25 heavy (non-hydrogen) atoms. The van der Waals surface area contributed by atoms with E-state index in [1.807, 2.05) is 31.6 Å². The Morgan fingerprint density at radius 2 is 2.12 bits per heavy atom.